The molecule has 0 saturated carbocycles. The zero-order valence-corrected chi connectivity index (χ0v) is 9.68. The topological polar surface area (TPSA) is 75.4 Å². The van der Waals surface area contributed by atoms with Gasteiger partial charge in [-0.2, -0.15) is 0 Å². The molecule has 1 aliphatic heterocycles. The van der Waals surface area contributed by atoms with Crippen molar-refractivity contribution in [3.63, 3.8) is 0 Å². The Hall–Kier alpha value is -1.95. The summed E-state index contributed by atoms with van der Waals surface area (Å²) >= 11 is 1.42. The van der Waals surface area contributed by atoms with Crippen LogP contribution in [-0.4, -0.2) is 16.9 Å². The number of primary amides is 1. The van der Waals surface area contributed by atoms with Gasteiger partial charge in [0.2, 0.25) is 0 Å². The van der Waals surface area contributed by atoms with Crippen molar-refractivity contribution in [3.05, 3.63) is 47.4 Å². The average molecular weight is 249 g/mol. The van der Waals surface area contributed by atoms with Crippen molar-refractivity contribution in [3.8, 4) is 0 Å². The maximum absolute atomic E-state index is 11.7. The maximum Gasteiger partial charge on any atom is 0.331 e. The Labute approximate surface area is 103 Å². The summed E-state index contributed by atoms with van der Waals surface area (Å²) in [4.78, 5) is 22.5. The Morgan fingerprint density at radius 1 is 1.35 bits per heavy atom. The number of nitrogens with two attached hydrogens (primary N) is 1. The van der Waals surface area contributed by atoms with E-state index in [4.69, 9.17) is 5.73 Å². The highest BCUT2D eigenvalue weighted by molar-refractivity contribution is 8.02. The lowest BCUT2D eigenvalue weighted by atomic mass is 10.2. The van der Waals surface area contributed by atoms with Crippen LogP contribution in [0.5, 0.6) is 0 Å². The molecule has 5 nitrogen and oxygen atoms in total. The van der Waals surface area contributed by atoms with E-state index in [-0.39, 0.29) is 11.3 Å². The molecule has 1 atom stereocenters. The van der Waals surface area contributed by atoms with Gasteiger partial charge in [-0.1, -0.05) is 30.3 Å². The zero-order valence-electron chi connectivity index (χ0n) is 8.87. The number of hydrogen-bond acceptors (Lipinski definition) is 3. The van der Waals surface area contributed by atoms with Crippen molar-refractivity contribution in [1.82, 2.24) is 10.4 Å². The Balaban J connectivity index is 2.28. The molecule has 1 unspecified atom stereocenters. The number of nitrogens with one attached hydrogen (secondary N) is 1. The van der Waals surface area contributed by atoms with E-state index >= 15 is 0 Å². The van der Waals surface area contributed by atoms with E-state index in [0.29, 0.717) is 0 Å². The van der Waals surface area contributed by atoms with Gasteiger partial charge in [0.15, 0.2) is 0 Å². The number of amides is 3. The van der Waals surface area contributed by atoms with Gasteiger partial charge in [-0.25, -0.2) is 15.2 Å². The zero-order chi connectivity index (χ0) is 12.3. The van der Waals surface area contributed by atoms with Crippen molar-refractivity contribution in [2.24, 2.45) is 5.73 Å². The van der Waals surface area contributed by atoms with Crippen LogP contribution in [0.15, 0.2) is 41.8 Å². The first-order valence-corrected chi connectivity index (χ1v) is 5.89. The Morgan fingerprint density at radius 2 is 2.06 bits per heavy atom. The molecule has 0 radical (unpaired) electrons. The van der Waals surface area contributed by atoms with Crippen molar-refractivity contribution >= 4 is 23.7 Å². The maximum atomic E-state index is 11.7. The van der Waals surface area contributed by atoms with Crippen LogP contribution in [0.1, 0.15) is 10.9 Å². The molecular weight excluding hydrogens is 238 g/mol. The minimum Gasteiger partial charge on any atom is -0.350 e. The second kappa shape index (κ2) is 4.92. The molecule has 0 aliphatic carbocycles. The van der Waals surface area contributed by atoms with E-state index in [1.54, 1.807) is 5.41 Å². The first-order valence-electron chi connectivity index (χ1n) is 4.95. The number of hydrogen-bond donors (Lipinski definition) is 2. The third kappa shape index (κ3) is 2.59. The van der Waals surface area contributed by atoms with Crippen LogP contribution in [0.4, 0.5) is 4.79 Å². The number of carbonyl (C=O) groups excluding carboxylic acids is 2. The SMILES string of the molecule is NC(=O)NN1C(=O)C=CSC1c1ccccc1. The molecule has 1 aromatic rings. The molecule has 1 heterocycles. The van der Waals surface area contributed by atoms with Gasteiger partial charge < -0.3 is 5.73 Å². The monoisotopic (exact) mass is 249 g/mol. The van der Waals surface area contributed by atoms with Gasteiger partial charge in [0.05, 0.1) is 0 Å². The predicted molar refractivity (Wildman–Crippen MR) is 65.5 cm³/mol. The Bertz CT molecular complexity index is 461. The second-order valence-corrected chi connectivity index (χ2v) is 4.38. The molecule has 6 heteroatoms. The van der Waals surface area contributed by atoms with Crippen LogP contribution in [0.25, 0.3) is 0 Å². The van der Waals surface area contributed by atoms with Gasteiger partial charge in [0.25, 0.3) is 5.91 Å². The quantitative estimate of drug-likeness (QED) is 0.831. The summed E-state index contributed by atoms with van der Waals surface area (Å²) < 4.78 is 0. The third-order valence-electron chi connectivity index (χ3n) is 2.21. The standard InChI is InChI=1S/C11H11N3O2S/c12-11(16)13-14-9(15)6-7-17-10(14)8-4-2-1-3-5-8/h1-7,10H,(H3,12,13,16). The van der Waals surface area contributed by atoms with Crippen molar-refractivity contribution < 1.29 is 9.59 Å². The molecule has 1 aromatic carbocycles. The normalized spacial score (nSPS) is 19.2. The lowest BCUT2D eigenvalue weighted by molar-refractivity contribution is -0.129. The number of benzene rings is 1. The highest BCUT2D eigenvalue weighted by atomic mass is 32.2. The first-order chi connectivity index (χ1) is 8.18. The molecule has 3 N–H and O–H groups in total. The van der Waals surface area contributed by atoms with Crippen molar-refractivity contribution in [2.75, 3.05) is 0 Å². The molecule has 0 spiro atoms. The summed E-state index contributed by atoms with van der Waals surface area (Å²) in [6, 6.07) is 8.66. The average Bonchev–Trinajstić information content (AvgIpc) is 2.32. The van der Waals surface area contributed by atoms with Gasteiger partial charge >= 0.3 is 6.03 Å². The van der Waals surface area contributed by atoms with Gasteiger partial charge in [0, 0.05) is 6.08 Å². The fraction of sp³-hybridized carbons (Fsp3) is 0.0909. The molecule has 3 amide bonds. The van der Waals surface area contributed by atoms with Crippen LogP contribution < -0.4 is 11.2 Å². The van der Waals surface area contributed by atoms with Crippen LogP contribution in [0, 0.1) is 0 Å². The minimum atomic E-state index is -0.754. The van der Waals surface area contributed by atoms with Crippen LogP contribution in [0.2, 0.25) is 0 Å². The van der Waals surface area contributed by atoms with Crippen LogP contribution >= 0.6 is 11.8 Å². The predicted octanol–water partition coefficient (Wildman–Crippen LogP) is 1.36. The second-order valence-electron chi connectivity index (χ2n) is 3.39. The smallest absolute Gasteiger partial charge is 0.331 e. The van der Waals surface area contributed by atoms with E-state index in [0.717, 1.165) is 5.56 Å². The minimum absolute atomic E-state index is 0.291. The molecule has 0 bridgehead atoms. The van der Waals surface area contributed by atoms with Crippen LogP contribution in [-0.2, 0) is 4.79 Å². The molecule has 2 rings (SSSR count). The van der Waals surface area contributed by atoms with Crippen molar-refractivity contribution in [2.45, 2.75) is 5.37 Å². The Kier molecular flexibility index (Phi) is 3.34. The van der Waals surface area contributed by atoms with E-state index in [1.165, 1.54) is 22.8 Å². The number of nitrogens with zero attached hydrogens (tertiary/aromatic N) is 1. The third-order valence-corrected chi connectivity index (χ3v) is 3.24. The number of rotatable bonds is 2. The van der Waals surface area contributed by atoms with E-state index in [2.05, 4.69) is 5.43 Å². The molecule has 17 heavy (non-hydrogen) atoms. The van der Waals surface area contributed by atoms with E-state index in [1.807, 2.05) is 30.3 Å². The van der Waals surface area contributed by atoms with Gasteiger partial charge in [-0.15, -0.1) is 11.8 Å². The molecule has 0 saturated heterocycles. The van der Waals surface area contributed by atoms with E-state index in [9.17, 15) is 9.59 Å². The summed E-state index contributed by atoms with van der Waals surface area (Å²) in [5.41, 5.74) is 8.30. The first kappa shape index (κ1) is 11.5. The molecule has 1 aliphatic rings. The summed E-state index contributed by atoms with van der Waals surface area (Å²) in [7, 11) is 0. The van der Waals surface area contributed by atoms with Crippen LogP contribution in [0.3, 0.4) is 0 Å². The van der Waals surface area contributed by atoms with E-state index < -0.39 is 6.03 Å². The number of hydrazine groups is 1. The number of urea groups is 1. The fourth-order valence-corrected chi connectivity index (χ4v) is 2.44. The van der Waals surface area contributed by atoms with Crippen molar-refractivity contribution in [1.29, 1.82) is 0 Å². The lowest BCUT2D eigenvalue weighted by Gasteiger charge is -2.31. The van der Waals surface area contributed by atoms with Gasteiger partial charge in [0.1, 0.15) is 5.37 Å². The number of carbonyl (C=O) groups is 2. The summed E-state index contributed by atoms with van der Waals surface area (Å²) in [5.74, 6) is -0.295. The molecular formula is C11H11N3O2S. The van der Waals surface area contributed by atoms with Gasteiger partial charge in [-0.05, 0) is 11.0 Å². The lowest BCUT2D eigenvalue weighted by Crippen LogP contribution is -2.49. The largest absolute Gasteiger partial charge is 0.350 e. The van der Waals surface area contributed by atoms with Gasteiger partial charge in [-0.3, -0.25) is 4.79 Å². The Morgan fingerprint density at radius 3 is 2.71 bits per heavy atom. The highest BCUT2D eigenvalue weighted by Gasteiger charge is 2.27. The molecule has 0 aromatic heterocycles. The fourth-order valence-electron chi connectivity index (χ4n) is 1.51. The molecule has 88 valence electrons. The summed E-state index contributed by atoms with van der Waals surface area (Å²) in [6.07, 6.45) is 1.39. The molecule has 0 fully saturated rings. The highest BCUT2D eigenvalue weighted by Crippen LogP contribution is 2.35. The number of thioether (sulfide) groups is 1. The summed E-state index contributed by atoms with van der Waals surface area (Å²) in [6.45, 7) is 0. The summed E-state index contributed by atoms with van der Waals surface area (Å²) in [5, 5.41) is 2.64.